The molecule has 0 heterocycles. The van der Waals surface area contributed by atoms with Crippen molar-refractivity contribution < 1.29 is 0 Å². The molecule has 7 aliphatic rings. The molecule has 80 valence electrons. The van der Waals surface area contributed by atoms with Crippen LogP contribution in [0.15, 0.2) is 0 Å². The first-order chi connectivity index (χ1) is 6.90. The highest BCUT2D eigenvalue weighted by molar-refractivity contribution is 5.75. The van der Waals surface area contributed by atoms with E-state index in [-0.39, 0.29) is 23.1 Å². The Bertz CT molecular complexity index is 210. The second-order valence-electron chi connectivity index (χ2n) is 7.13. The summed E-state index contributed by atoms with van der Waals surface area (Å²) in [5.74, 6) is 9.74. The van der Waals surface area contributed by atoms with E-state index in [2.05, 4.69) is 0 Å². The smallest absolute Gasteiger partial charge is 0.0470 e. The average molecular weight is 215 g/mol. The lowest BCUT2D eigenvalue weighted by atomic mass is 9.36. The van der Waals surface area contributed by atoms with Crippen molar-refractivity contribution >= 4 is 23.1 Å². The zero-order valence-electron chi connectivity index (χ0n) is 8.86. The Balaban J connectivity index is 0.000000648. The molecule has 0 aromatic heterocycles. The first-order valence-corrected chi connectivity index (χ1v) is 6.90. The molecule has 0 spiro atoms. The van der Waals surface area contributed by atoms with Crippen molar-refractivity contribution in [2.75, 3.05) is 0 Å². The third-order valence-electron chi connectivity index (χ3n) is 6.93. The monoisotopic (exact) mass is 214 g/mol. The van der Waals surface area contributed by atoms with E-state index in [0.29, 0.717) is 0 Å². The third kappa shape index (κ3) is 1.01. The van der Waals surface area contributed by atoms with Crippen molar-refractivity contribution in [3.8, 4) is 0 Å². The lowest BCUT2D eigenvalue weighted by molar-refractivity contribution is -0.202. The normalized spacial score (nSPS) is 67.2. The van der Waals surface area contributed by atoms with Crippen LogP contribution in [-0.4, -0.2) is 23.1 Å². The van der Waals surface area contributed by atoms with Gasteiger partial charge in [0.25, 0.3) is 0 Å². The van der Waals surface area contributed by atoms with E-state index in [1.54, 1.807) is 38.5 Å². The predicted molar refractivity (Wildman–Crippen MR) is 64.2 cm³/mol. The molecule has 7 saturated carbocycles. The van der Waals surface area contributed by atoms with E-state index in [9.17, 15) is 0 Å². The molecule has 0 nitrogen and oxygen atoms in total. The third-order valence-corrected chi connectivity index (χ3v) is 6.93. The Kier molecular flexibility index (Phi) is 1.92. The van der Waals surface area contributed by atoms with Gasteiger partial charge in [0.05, 0.1) is 0 Å². The zero-order valence-corrected chi connectivity index (χ0v) is 8.86. The van der Waals surface area contributed by atoms with Crippen molar-refractivity contribution in [3.05, 3.63) is 0 Å². The van der Waals surface area contributed by atoms with Crippen LogP contribution in [0, 0.1) is 47.3 Å². The summed E-state index contributed by atoms with van der Waals surface area (Å²) in [6.07, 6.45) is 9.93. The molecule has 7 aliphatic carbocycles. The fourth-order valence-electron chi connectivity index (χ4n) is 6.89. The van der Waals surface area contributed by atoms with Crippen LogP contribution in [0.4, 0.5) is 0 Å². The molecule has 0 aromatic carbocycles. The molecule has 0 atom stereocenters. The molecule has 0 radical (unpaired) electrons. The van der Waals surface area contributed by atoms with Crippen molar-refractivity contribution in [3.63, 3.8) is 0 Å². The number of hydrogen-bond acceptors (Lipinski definition) is 0. The summed E-state index contributed by atoms with van der Waals surface area (Å²) in [5.41, 5.74) is 0. The van der Waals surface area contributed by atoms with Crippen LogP contribution in [-0.2, 0) is 0 Å². The van der Waals surface area contributed by atoms with Gasteiger partial charge in [0.1, 0.15) is 0 Å². The van der Waals surface area contributed by atoms with Crippen molar-refractivity contribution in [2.45, 2.75) is 38.5 Å². The standard InChI is InChI=1S/C14H20.Mg.2H/c1-7-2-12-10-4-8-5-11(9(1)10)13(3-7)14(12)6-8;;;/h7-14H,1-6H2;;;. The molecule has 0 saturated heterocycles. The molecule has 7 fully saturated rings. The summed E-state index contributed by atoms with van der Waals surface area (Å²) < 4.78 is 0. The van der Waals surface area contributed by atoms with Crippen molar-refractivity contribution in [1.82, 2.24) is 0 Å². The summed E-state index contributed by atoms with van der Waals surface area (Å²) in [6.45, 7) is 0. The summed E-state index contributed by atoms with van der Waals surface area (Å²) in [7, 11) is 0. The van der Waals surface area contributed by atoms with E-state index >= 15 is 0 Å². The molecule has 0 unspecified atom stereocenters. The largest absolute Gasteiger partial charge is 0.316 e. The van der Waals surface area contributed by atoms with Crippen LogP contribution in [0.3, 0.4) is 0 Å². The van der Waals surface area contributed by atoms with Gasteiger partial charge in [-0.1, -0.05) is 0 Å². The van der Waals surface area contributed by atoms with Gasteiger partial charge >= 0.3 is 23.1 Å². The fraction of sp³-hybridized carbons (Fsp3) is 1.00. The topological polar surface area (TPSA) is 0 Å². The fourth-order valence-corrected chi connectivity index (χ4v) is 6.89. The Hall–Kier alpha value is 0.766. The van der Waals surface area contributed by atoms with Gasteiger partial charge in [-0.05, 0) is 85.9 Å². The summed E-state index contributed by atoms with van der Waals surface area (Å²) in [6, 6.07) is 0. The number of hydrogen-bond donors (Lipinski definition) is 0. The van der Waals surface area contributed by atoms with Gasteiger partial charge in [0.2, 0.25) is 0 Å². The van der Waals surface area contributed by atoms with Gasteiger partial charge in [-0.25, -0.2) is 0 Å². The minimum atomic E-state index is 0. The molecule has 7 rings (SSSR count). The SMILES string of the molecule is C1C2CC3C4CC5CC(C14)C(C2)C3C5.[MgH2]. The molecule has 0 aromatic rings. The van der Waals surface area contributed by atoms with Gasteiger partial charge in [-0.15, -0.1) is 0 Å². The quantitative estimate of drug-likeness (QED) is 0.544. The van der Waals surface area contributed by atoms with Crippen LogP contribution >= 0.6 is 0 Å². The minimum absolute atomic E-state index is 0. The Morgan fingerprint density at radius 2 is 0.600 bits per heavy atom. The molecule has 0 aliphatic heterocycles. The van der Waals surface area contributed by atoms with E-state index in [4.69, 9.17) is 0 Å². The van der Waals surface area contributed by atoms with Crippen molar-refractivity contribution in [1.29, 1.82) is 0 Å². The van der Waals surface area contributed by atoms with Crippen molar-refractivity contribution in [2.24, 2.45) is 47.3 Å². The Morgan fingerprint density at radius 3 is 0.800 bits per heavy atom. The minimum Gasteiger partial charge on any atom is -0.0470 e. The lowest BCUT2D eigenvalue weighted by Crippen LogP contribution is -2.62. The highest BCUT2D eigenvalue weighted by Gasteiger charge is 2.63. The van der Waals surface area contributed by atoms with Gasteiger partial charge in [0.15, 0.2) is 0 Å². The molecule has 0 amide bonds. The van der Waals surface area contributed by atoms with Crippen LogP contribution in [0.25, 0.3) is 0 Å². The summed E-state index contributed by atoms with van der Waals surface area (Å²) in [5, 5.41) is 0. The summed E-state index contributed by atoms with van der Waals surface area (Å²) >= 11 is 0. The Labute approximate surface area is 109 Å². The maximum atomic E-state index is 1.65. The van der Waals surface area contributed by atoms with Gasteiger partial charge in [-0.3, -0.25) is 0 Å². The molecule has 8 bridgehead atoms. The van der Waals surface area contributed by atoms with Crippen LogP contribution in [0.2, 0.25) is 0 Å². The predicted octanol–water partition coefficient (Wildman–Crippen LogP) is 2.41. The van der Waals surface area contributed by atoms with E-state index < -0.39 is 0 Å². The zero-order chi connectivity index (χ0) is 8.86. The molecular formula is C14H22Mg. The van der Waals surface area contributed by atoms with Gasteiger partial charge < -0.3 is 0 Å². The maximum absolute atomic E-state index is 1.65. The lowest BCUT2D eigenvalue weighted by Gasteiger charge is -2.69. The summed E-state index contributed by atoms with van der Waals surface area (Å²) in [4.78, 5) is 0. The van der Waals surface area contributed by atoms with Crippen LogP contribution in [0.5, 0.6) is 0 Å². The highest BCUT2D eigenvalue weighted by atomic mass is 24.3. The second kappa shape index (κ2) is 2.96. The van der Waals surface area contributed by atoms with Crippen LogP contribution < -0.4 is 0 Å². The van der Waals surface area contributed by atoms with Gasteiger partial charge in [-0.2, -0.15) is 0 Å². The number of rotatable bonds is 0. The molecular weight excluding hydrogens is 192 g/mol. The van der Waals surface area contributed by atoms with Gasteiger partial charge in [0, 0.05) is 0 Å². The molecule has 15 heavy (non-hydrogen) atoms. The van der Waals surface area contributed by atoms with E-state index in [1.807, 2.05) is 0 Å². The maximum Gasteiger partial charge on any atom is 0.316 e. The first-order valence-electron chi connectivity index (χ1n) is 6.90. The second-order valence-corrected chi connectivity index (χ2v) is 7.13. The van der Waals surface area contributed by atoms with Crippen LogP contribution in [0.1, 0.15) is 38.5 Å². The van der Waals surface area contributed by atoms with E-state index in [0.717, 1.165) is 0 Å². The highest BCUT2D eigenvalue weighted by Crippen LogP contribution is 2.71. The van der Waals surface area contributed by atoms with E-state index in [1.165, 1.54) is 47.3 Å². The average Bonchev–Trinajstić information content (AvgIpc) is 2.24. The molecule has 0 N–H and O–H groups in total. The molecule has 1 heteroatoms. The Morgan fingerprint density at radius 1 is 0.400 bits per heavy atom. The first kappa shape index (κ1) is 9.76.